The fourth-order valence-corrected chi connectivity index (χ4v) is 2.94. The monoisotopic (exact) mass is 323 g/mol. The van der Waals surface area contributed by atoms with Crippen LogP contribution in [-0.2, 0) is 17.8 Å². The molecule has 5 heteroatoms. The van der Waals surface area contributed by atoms with Crippen molar-refractivity contribution in [2.24, 2.45) is 0 Å². The van der Waals surface area contributed by atoms with E-state index in [0.29, 0.717) is 25.1 Å². The van der Waals surface area contributed by atoms with Gasteiger partial charge in [-0.15, -0.1) is 0 Å². The van der Waals surface area contributed by atoms with Crippen molar-refractivity contribution in [2.75, 3.05) is 12.8 Å². The van der Waals surface area contributed by atoms with Gasteiger partial charge in [0.05, 0.1) is 6.04 Å². The lowest BCUT2D eigenvalue weighted by Gasteiger charge is -2.40. The average Bonchev–Trinajstić information content (AvgIpc) is 2.57. The SMILES string of the molecule is CN(Cc1ccc(N)cc1)C(=O)N1C(=O)C[C@@H]1Cc1ccccc1. The molecule has 0 bridgehead atoms. The fraction of sp³-hybridized carbons (Fsp3) is 0.263. The van der Waals surface area contributed by atoms with Crippen LogP contribution in [0.3, 0.4) is 0 Å². The highest BCUT2D eigenvalue weighted by Gasteiger charge is 2.41. The molecule has 1 fully saturated rings. The normalized spacial score (nSPS) is 16.6. The summed E-state index contributed by atoms with van der Waals surface area (Å²) in [6.45, 7) is 0.445. The lowest BCUT2D eigenvalue weighted by atomic mass is 9.95. The third-order valence-electron chi connectivity index (χ3n) is 4.29. The van der Waals surface area contributed by atoms with Gasteiger partial charge in [0.25, 0.3) is 0 Å². The Morgan fingerprint density at radius 1 is 1.12 bits per heavy atom. The maximum Gasteiger partial charge on any atom is 0.327 e. The van der Waals surface area contributed by atoms with E-state index in [9.17, 15) is 9.59 Å². The number of imide groups is 1. The van der Waals surface area contributed by atoms with Crippen molar-refractivity contribution in [1.82, 2.24) is 9.80 Å². The van der Waals surface area contributed by atoms with Gasteiger partial charge >= 0.3 is 6.03 Å². The first-order chi connectivity index (χ1) is 11.5. The smallest absolute Gasteiger partial charge is 0.327 e. The van der Waals surface area contributed by atoms with Crippen molar-refractivity contribution in [3.8, 4) is 0 Å². The summed E-state index contributed by atoms with van der Waals surface area (Å²) in [5, 5.41) is 0. The molecule has 0 radical (unpaired) electrons. The Bertz CT molecular complexity index is 728. The number of nitrogen functional groups attached to an aromatic ring is 1. The second kappa shape index (κ2) is 6.74. The second-order valence-electron chi connectivity index (χ2n) is 6.19. The van der Waals surface area contributed by atoms with Crippen LogP contribution in [0, 0.1) is 0 Å². The van der Waals surface area contributed by atoms with Gasteiger partial charge in [-0.25, -0.2) is 4.79 Å². The van der Waals surface area contributed by atoms with Gasteiger partial charge in [0, 0.05) is 25.7 Å². The van der Waals surface area contributed by atoms with Crippen molar-refractivity contribution in [3.63, 3.8) is 0 Å². The van der Waals surface area contributed by atoms with Crippen LogP contribution < -0.4 is 5.73 Å². The number of hydrogen-bond donors (Lipinski definition) is 1. The van der Waals surface area contributed by atoms with Crippen LogP contribution in [0.1, 0.15) is 17.5 Å². The molecule has 0 unspecified atom stereocenters. The average molecular weight is 323 g/mol. The Labute approximate surface area is 141 Å². The summed E-state index contributed by atoms with van der Waals surface area (Å²) in [6.07, 6.45) is 1.13. The Morgan fingerprint density at radius 2 is 1.79 bits per heavy atom. The molecule has 3 rings (SSSR count). The van der Waals surface area contributed by atoms with Crippen LogP contribution in [0.2, 0.25) is 0 Å². The van der Waals surface area contributed by atoms with E-state index in [-0.39, 0.29) is 18.0 Å². The zero-order valence-corrected chi connectivity index (χ0v) is 13.7. The zero-order valence-electron chi connectivity index (χ0n) is 13.7. The van der Waals surface area contributed by atoms with E-state index in [4.69, 9.17) is 5.73 Å². The fourth-order valence-electron chi connectivity index (χ4n) is 2.94. The summed E-state index contributed by atoms with van der Waals surface area (Å²) >= 11 is 0. The van der Waals surface area contributed by atoms with Gasteiger partial charge in [0.15, 0.2) is 0 Å². The van der Waals surface area contributed by atoms with Crippen LogP contribution in [0.25, 0.3) is 0 Å². The van der Waals surface area contributed by atoms with E-state index in [2.05, 4.69) is 0 Å². The maximum absolute atomic E-state index is 12.6. The lowest BCUT2D eigenvalue weighted by molar-refractivity contribution is -0.141. The van der Waals surface area contributed by atoms with Crippen molar-refractivity contribution < 1.29 is 9.59 Å². The van der Waals surface area contributed by atoms with Crippen LogP contribution in [0.4, 0.5) is 10.5 Å². The quantitative estimate of drug-likeness (QED) is 0.695. The molecule has 0 saturated carbocycles. The molecule has 2 N–H and O–H groups in total. The third kappa shape index (κ3) is 3.40. The molecular weight excluding hydrogens is 302 g/mol. The standard InChI is InChI=1S/C19H21N3O2/c1-21(13-15-7-9-16(20)10-8-15)19(24)22-17(12-18(22)23)11-14-5-3-2-4-6-14/h2-10,17H,11-13,20H2,1H3/t17-/m0/s1. The number of carbonyl (C=O) groups excluding carboxylic acids is 2. The number of amides is 3. The van der Waals surface area contributed by atoms with Gasteiger partial charge in [-0.1, -0.05) is 42.5 Å². The first kappa shape index (κ1) is 16.1. The summed E-state index contributed by atoms with van der Waals surface area (Å²) in [4.78, 5) is 27.5. The largest absolute Gasteiger partial charge is 0.399 e. The van der Waals surface area contributed by atoms with Gasteiger partial charge < -0.3 is 10.6 Å². The van der Waals surface area contributed by atoms with E-state index < -0.39 is 0 Å². The Balaban J connectivity index is 1.64. The van der Waals surface area contributed by atoms with Crippen molar-refractivity contribution in [3.05, 3.63) is 65.7 Å². The zero-order chi connectivity index (χ0) is 17.1. The van der Waals surface area contributed by atoms with Crippen LogP contribution in [0.5, 0.6) is 0 Å². The Morgan fingerprint density at radius 3 is 2.42 bits per heavy atom. The number of nitrogens with two attached hydrogens (primary N) is 1. The molecule has 2 aromatic carbocycles. The molecule has 0 spiro atoms. The van der Waals surface area contributed by atoms with Crippen LogP contribution in [-0.4, -0.2) is 34.8 Å². The highest BCUT2D eigenvalue weighted by atomic mass is 16.2. The first-order valence-electron chi connectivity index (χ1n) is 8.00. The minimum atomic E-state index is -0.246. The first-order valence-corrected chi connectivity index (χ1v) is 8.00. The molecule has 24 heavy (non-hydrogen) atoms. The van der Waals surface area contributed by atoms with Crippen molar-refractivity contribution in [2.45, 2.75) is 25.4 Å². The van der Waals surface area contributed by atoms with E-state index >= 15 is 0 Å². The summed E-state index contributed by atoms with van der Waals surface area (Å²) < 4.78 is 0. The highest BCUT2D eigenvalue weighted by Crippen LogP contribution is 2.25. The minimum Gasteiger partial charge on any atom is -0.399 e. The molecule has 2 aromatic rings. The molecule has 1 saturated heterocycles. The summed E-state index contributed by atoms with van der Waals surface area (Å²) in [6, 6.07) is 17.0. The molecule has 1 aliphatic heterocycles. The highest BCUT2D eigenvalue weighted by molar-refractivity contribution is 5.99. The summed E-state index contributed by atoms with van der Waals surface area (Å²) in [5.41, 5.74) is 8.47. The Hall–Kier alpha value is -2.82. The van der Waals surface area contributed by atoms with E-state index in [1.165, 1.54) is 4.90 Å². The number of carbonyl (C=O) groups is 2. The van der Waals surface area contributed by atoms with Gasteiger partial charge in [-0.05, 0) is 29.7 Å². The maximum atomic E-state index is 12.6. The summed E-state index contributed by atoms with van der Waals surface area (Å²) in [7, 11) is 1.71. The number of hydrogen-bond acceptors (Lipinski definition) is 3. The minimum absolute atomic E-state index is 0.0544. The number of benzene rings is 2. The number of rotatable bonds is 4. The predicted molar refractivity (Wildman–Crippen MR) is 93.1 cm³/mol. The predicted octanol–water partition coefficient (Wildman–Crippen LogP) is 2.66. The van der Waals surface area contributed by atoms with E-state index in [0.717, 1.165) is 11.1 Å². The molecule has 3 amide bonds. The number of β-lactam (4-membered cyclic amide) rings is 1. The number of urea groups is 1. The van der Waals surface area contributed by atoms with Gasteiger partial charge in [-0.2, -0.15) is 0 Å². The van der Waals surface area contributed by atoms with Gasteiger partial charge in [0.2, 0.25) is 5.91 Å². The molecule has 124 valence electrons. The van der Waals surface area contributed by atoms with Gasteiger partial charge in [0.1, 0.15) is 0 Å². The Kier molecular flexibility index (Phi) is 4.51. The molecule has 1 aliphatic rings. The molecule has 1 atom stereocenters. The van der Waals surface area contributed by atoms with Crippen molar-refractivity contribution >= 4 is 17.6 Å². The molecule has 1 heterocycles. The van der Waals surface area contributed by atoms with Crippen LogP contribution >= 0.6 is 0 Å². The van der Waals surface area contributed by atoms with E-state index in [1.807, 2.05) is 42.5 Å². The molecule has 0 aromatic heterocycles. The molecular formula is C19H21N3O2. The third-order valence-corrected chi connectivity index (χ3v) is 4.29. The van der Waals surface area contributed by atoms with Crippen LogP contribution in [0.15, 0.2) is 54.6 Å². The second-order valence-corrected chi connectivity index (χ2v) is 6.19. The number of likely N-dealkylation sites (tertiary alicyclic amines) is 1. The summed E-state index contributed by atoms with van der Waals surface area (Å²) in [5.74, 6) is -0.106. The molecule has 5 nitrogen and oxygen atoms in total. The van der Waals surface area contributed by atoms with Gasteiger partial charge in [-0.3, -0.25) is 9.69 Å². The lowest BCUT2D eigenvalue weighted by Crippen LogP contribution is -2.59. The number of anilines is 1. The van der Waals surface area contributed by atoms with Crippen molar-refractivity contribution in [1.29, 1.82) is 0 Å². The number of nitrogens with zero attached hydrogens (tertiary/aromatic N) is 2. The molecule has 0 aliphatic carbocycles. The topological polar surface area (TPSA) is 66.6 Å². The van der Waals surface area contributed by atoms with E-state index in [1.54, 1.807) is 24.1 Å².